The van der Waals surface area contributed by atoms with E-state index >= 15 is 0 Å². The Morgan fingerprint density at radius 2 is 1.74 bits per heavy atom. The monoisotopic (exact) mass is 419 g/mol. The molecule has 0 unspecified atom stereocenters. The first kappa shape index (κ1) is 20.6. The molecule has 31 heavy (non-hydrogen) atoms. The lowest BCUT2D eigenvalue weighted by Gasteiger charge is -2.28. The number of anilines is 2. The van der Waals surface area contributed by atoms with Gasteiger partial charge in [-0.1, -0.05) is 18.2 Å². The standard InChI is InChI=1S/C23H25N5O3/c1-26(23(30)18-15-24-28(16-18)21-5-3-2-4-6-21)17-22(29)25-19-7-9-20(10-8-19)27-11-13-31-14-12-27/h2-10,15-16H,11-14,17H2,1H3,(H,25,29). The Morgan fingerprint density at radius 3 is 2.45 bits per heavy atom. The highest BCUT2D eigenvalue weighted by Gasteiger charge is 2.17. The second kappa shape index (κ2) is 9.44. The predicted molar refractivity (Wildman–Crippen MR) is 119 cm³/mol. The van der Waals surface area contributed by atoms with Crippen molar-refractivity contribution in [2.45, 2.75) is 0 Å². The molecule has 0 spiro atoms. The number of hydrogen-bond acceptors (Lipinski definition) is 5. The lowest BCUT2D eigenvalue weighted by atomic mass is 10.2. The van der Waals surface area contributed by atoms with E-state index in [9.17, 15) is 9.59 Å². The third-order valence-corrected chi connectivity index (χ3v) is 5.11. The molecule has 0 radical (unpaired) electrons. The van der Waals surface area contributed by atoms with Crippen molar-refractivity contribution in [2.75, 3.05) is 50.1 Å². The maximum Gasteiger partial charge on any atom is 0.257 e. The zero-order chi connectivity index (χ0) is 21.6. The molecule has 0 bridgehead atoms. The SMILES string of the molecule is CN(CC(=O)Nc1ccc(N2CCOCC2)cc1)C(=O)c1cnn(-c2ccccc2)c1. The summed E-state index contributed by atoms with van der Waals surface area (Å²) < 4.78 is 7.01. The van der Waals surface area contributed by atoms with Crippen molar-refractivity contribution in [3.63, 3.8) is 0 Å². The number of nitrogens with zero attached hydrogens (tertiary/aromatic N) is 4. The van der Waals surface area contributed by atoms with Crippen molar-refractivity contribution in [1.29, 1.82) is 0 Å². The number of likely N-dealkylation sites (N-methyl/N-ethyl adjacent to an activating group) is 1. The number of para-hydroxylation sites is 1. The molecule has 1 aliphatic rings. The van der Waals surface area contributed by atoms with Crippen LogP contribution >= 0.6 is 0 Å². The minimum absolute atomic E-state index is 0.0550. The van der Waals surface area contributed by atoms with E-state index in [4.69, 9.17) is 4.74 Å². The van der Waals surface area contributed by atoms with Gasteiger partial charge in [0.1, 0.15) is 0 Å². The zero-order valence-electron chi connectivity index (χ0n) is 17.4. The fraction of sp³-hybridized carbons (Fsp3) is 0.261. The van der Waals surface area contributed by atoms with Gasteiger partial charge in [-0.25, -0.2) is 4.68 Å². The maximum atomic E-state index is 12.7. The molecular weight excluding hydrogens is 394 g/mol. The van der Waals surface area contributed by atoms with E-state index in [-0.39, 0.29) is 18.4 Å². The van der Waals surface area contributed by atoms with Crippen LogP contribution in [0.5, 0.6) is 0 Å². The molecule has 2 aromatic carbocycles. The summed E-state index contributed by atoms with van der Waals surface area (Å²) in [5.74, 6) is -0.523. The fourth-order valence-corrected chi connectivity index (χ4v) is 3.44. The minimum atomic E-state index is -0.264. The maximum absolute atomic E-state index is 12.7. The molecule has 160 valence electrons. The van der Waals surface area contributed by atoms with Crippen LogP contribution in [0.15, 0.2) is 67.0 Å². The number of aromatic nitrogens is 2. The third kappa shape index (κ3) is 5.10. The van der Waals surface area contributed by atoms with Crippen LogP contribution in [0.3, 0.4) is 0 Å². The van der Waals surface area contributed by atoms with Gasteiger partial charge in [-0.2, -0.15) is 5.10 Å². The Balaban J connectivity index is 1.32. The van der Waals surface area contributed by atoms with Gasteiger partial charge in [0.2, 0.25) is 5.91 Å². The van der Waals surface area contributed by atoms with Gasteiger partial charge in [-0.15, -0.1) is 0 Å². The van der Waals surface area contributed by atoms with Gasteiger partial charge in [-0.05, 0) is 36.4 Å². The van der Waals surface area contributed by atoms with E-state index in [1.807, 2.05) is 54.6 Å². The third-order valence-electron chi connectivity index (χ3n) is 5.11. The largest absolute Gasteiger partial charge is 0.378 e. The number of carbonyl (C=O) groups is 2. The molecule has 3 aromatic rings. The number of hydrogen-bond donors (Lipinski definition) is 1. The van der Waals surface area contributed by atoms with Crippen LogP contribution in [0, 0.1) is 0 Å². The highest BCUT2D eigenvalue weighted by Crippen LogP contribution is 2.19. The van der Waals surface area contributed by atoms with Crippen molar-refractivity contribution in [3.05, 3.63) is 72.6 Å². The van der Waals surface area contributed by atoms with Gasteiger partial charge in [0, 0.05) is 37.7 Å². The number of nitrogens with one attached hydrogen (secondary N) is 1. The van der Waals surface area contributed by atoms with Crippen LogP contribution in [0.4, 0.5) is 11.4 Å². The number of benzene rings is 2. The summed E-state index contributed by atoms with van der Waals surface area (Å²) in [5, 5.41) is 7.08. The Kier molecular flexibility index (Phi) is 6.28. The molecule has 2 amide bonds. The molecule has 1 aromatic heterocycles. The zero-order valence-corrected chi connectivity index (χ0v) is 17.4. The van der Waals surface area contributed by atoms with E-state index < -0.39 is 0 Å². The Bertz CT molecular complexity index is 1030. The van der Waals surface area contributed by atoms with Crippen molar-refractivity contribution < 1.29 is 14.3 Å². The number of amides is 2. The molecule has 0 atom stereocenters. The predicted octanol–water partition coefficient (Wildman–Crippen LogP) is 2.42. The molecule has 1 N–H and O–H groups in total. The molecule has 2 heterocycles. The summed E-state index contributed by atoms with van der Waals surface area (Å²) >= 11 is 0. The van der Waals surface area contributed by atoms with Crippen molar-refractivity contribution in [1.82, 2.24) is 14.7 Å². The van der Waals surface area contributed by atoms with Gasteiger partial charge >= 0.3 is 0 Å². The molecule has 4 rings (SSSR count). The van der Waals surface area contributed by atoms with Gasteiger partial charge in [0.15, 0.2) is 0 Å². The van der Waals surface area contributed by atoms with Gasteiger partial charge in [-0.3, -0.25) is 9.59 Å². The highest BCUT2D eigenvalue weighted by molar-refractivity contribution is 5.99. The van der Waals surface area contributed by atoms with Gasteiger partial charge in [0.05, 0.1) is 37.2 Å². The number of carbonyl (C=O) groups excluding carboxylic acids is 2. The van der Waals surface area contributed by atoms with Crippen LogP contribution < -0.4 is 10.2 Å². The summed E-state index contributed by atoms with van der Waals surface area (Å²) in [7, 11) is 1.60. The second-order valence-corrected chi connectivity index (χ2v) is 7.36. The van der Waals surface area contributed by atoms with Crippen LogP contribution in [0.1, 0.15) is 10.4 Å². The first-order valence-corrected chi connectivity index (χ1v) is 10.2. The summed E-state index contributed by atoms with van der Waals surface area (Å²) in [5.41, 5.74) is 3.08. The van der Waals surface area contributed by atoms with E-state index in [2.05, 4.69) is 15.3 Å². The van der Waals surface area contributed by atoms with E-state index in [1.165, 1.54) is 11.1 Å². The van der Waals surface area contributed by atoms with Crippen LogP contribution in [-0.4, -0.2) is 66.4 Å². The Morgan fingerprint density at radius 1 is 1.03 bits per heavy atom. The van der Waals surface area contributed by atoms with Gasteiger partial charge < -0.3 is 19.9 Å². The molecule has 8 nitrogen and oxygen atoms in total. The summed E-state index contributed by atoms with van der Waals surface area (Å²) in [6.07, 6.45) is 3.17. The van der Waals surface area contributed by atoms with E-state index in [0.717, 1.165) is 37.7 Å². The highest BCUT2D eigenvalue weighted by atomic mass is 16.5. The van der Waals surface area contributed by atoms with E-state index in [1.54, 1.807) is 17.9 Å². The first-order chi connectivity index (χ1) is 15.1. The average Bonchev–Trinajstić information content (AvgIpc) is 3.30. The van der Waals surface area contributed by atoms with Crippen LogP contribution in [-0.2, 0) is 9.53 Å². The van der Waals surface area contributed by atoms with Crippen LogP contribution in [0.25, 0.3) is 5.69 Å². The first-order valence-electron chi connectivity index (χ1n) is 10.2. The molecule has 1 saturated heterocycles. The van der Waals surface area contributed by atoms with Crippen molar-refractivity contribution >= 4 is 23.2 Å². The topological polar surface area (TPSA) is 79.7 Å². The lowest BCUT2D eigenvalue weighted by molar-refractivity contribution is -0.116. The quantitative estimate of drug-likeness (QED) is 0.664. The number of morpholine rings is 1. The molecule has 0 aliphatic carbocycles. The number of rotatable bonds is 6. The molecule has 0 saturated carbocycles. The summed E-state index contributed by atoms with van der Waals surface area (Å²) in [6, 6.07) is 17.2. The second-order valence-electron chi connectivity index (χ2n) is 7.36. The van der Waals surface area contributed by atoms with Crippen molar-refractivity contribution in [2.24, 2.45) is 0 Å². The van der Waals surface area contributed by atoms with Gasteiger partial charge in [0.25, 0.3) is 5.91 Å². The molecule has 8 heteroatoms. The Hall–Kier alpha value is -3.65. The van der Waals surface area contributed by atoms with Crippen molar-refractivity contribution in [3.8, 4) is 5.69 Å². The Labute approximate surface area is 181 Å². The average molecular weight is 419 g/mol. The normalized spacial score (nSPS) is 13.6. The molecule has 1 aliphatic heterocycles. The lowest BCUT2D eigenvalue weighted by Crippen LogP contribution is -2.36. The molecule has 1 fully saturated rings. The van der Waals surface area contributed by atoms with Crippen LogP contribution in [0.2, 0.25) is 0 Å². The number of ether oxygens (including phenoxy) is 1. The smallest absolute Gasteiger partial charge is 0.257 e. The fourth-order valence-electron chi connectivity index (χ4n) is 3.44. The van der Waals surface area contributed by atoms with E-state index in [0.29, 0.717) is 11.3 Å². The molecular formula is C23H25N5O3. The summed E-state index contributed by atoms with van der Waals surface area (Å²) in [4.78, 5) is 28.7. The minimum Gasteiger partial charge on any atom is -0.378 e. The summed E-state index contributed by atoms with van der Waals surface area (Å²) in [6.45, 7) is 3.12.